The molecule has 2 rings (SSSR count). The highest BCUT2D eigenvalue weighted by molar-refractivity contribution is 5.95. The largest absolute Gasteiger partial charge is 0.398 e. The predicted octanol–water partition coefficient (Wildman–Crippen LogP) is 2.02. The van der Waals surface area contributed by atoms with Gasteiger partial charge in [0.25, 0.3) is 0 Å². The molecular weight excluding hydrogens is 292 g/mol. The van der Waals surface area contributed by atoms with Crippen molar-refractivity contribution in [2.45, 2.75) is 19.3 Å². The third-order valence-electron chi connectivity index (χ3n) is 3.48. The molecule has 0 fully saturated rings. The molecule has 1 amide bonds. The number of benzene rings is 1. The van der Waals surface area contributed by atoms with E-state index in [-0.39, 0.29) is 18.3 Å². The highest BCUT2D eigenvalue weighted by Gasteiger charge is 2.23. The Hall–Kier alpha value is -1.30. The third-order valence-corrected chi connectivity index (χ3v) is 3.48. The van der Waals surface area contributed by atoms with Crippen LogP contribution in [0.1, 0.15) is 18.4 Å². The molecule has 1 aromatic carbocycles. The van der Waals surface area contributed by atoms with Gasteiger partial charge >= 0.3 is 0 Å². The molecule has 6 heteroatoms. The number of hydrogen-bond acceptors (Lipinski definition) is 4. The first-order valence-electron chi connectivity index (χ1n) is 6.98. The molecule has 0 spiro atoms. The van der Waals surface area contributed by atoms with Crippen LogP contribution in [0.3, 0.4) is 0 Å². The molecule has 1 aromatic rings. The molecule has 0 unspecified atom stereocenters. The Kier molecular flexibility index (Phi) is 7.50. The number of methoxy groups -OCH3 is 1. The van der Waals surface area contributed by atoms with Gasteiger partial charge in [0, 0.05) is 25.0 Å². The Morgan fingerprint density at radius 2 is 2.14 bits per heavy atom. The maximum atomic E-state index is 12.3. The maximum absolute atomic E-state index is 12.3. The van der Waals surface area contributed by atoms with Gasteiger partial charge in [0.2, 0.25) is 5.91 Å². The van der Waals surface area contributed by atoms with Crippen LogP contribution < -0.4 is 10.6 Å². The van der Waals surface area contributed by atoms with Crippen molar-refractivity contribution in [1.29, 1.82) is 0 Å². The Labute approximate surface area is 131 Å². The molecule has 0 bridgehead atoms. The number of ether oxygens (including phenoxy) is 2. The minimum Gasteiger partial charge on any atom is -0.398 e. The Balaban J connectivity index is 0.00000220. The van der Waals surface area contributed by atoms with Crippen LogP contribution in [0.15, 0.2) is 18.2 Å². The van der Waals surface area contributed by atoms with E-state index in [1.165, 1.54) is 0 Å². The van der Waals surface area contributed by atoms with E-state index in [4.69, 9.17) is 15.2 Å². The lowest BCUT2D eigenvalue weighted by atomic mass is 9.99. The van der Waals surface area contributed by atoms with Crippen molar-refractivity contribution in [1.82, 2.24) is 0 Å². The van der Waals surface area contributed by atoms with Crippen LogP contribution in [0.4, 0.5) is 11.4 Å². The van der Waals surface area contributed by atoms with E-state index in [0.717, 1.165) is 36.3 Å². The summed E-state index contributed by atoms with van der Waals surface area (Å²) in [7, 11) is 1.63. The van der Waals surface area contributed by atoms with Crippen LogP contribution >= 0.6 is 12.4 Å². The van der Waals surface area contributed by atoms with E-state index < -0.39 is 0 Å². The summed E-state index contributed by atoms with van der Waals surface area (Å²) >= 11 is 0. The molecule has 1 heterocycles. The third kappa shape index (κ3) is 4.59. The standard InChI is InChI=1S/C15H22N2O3.ClH/c1-19-10-11-20-9-7-15(18)17-8-3-4-12-13(16)5-2-6-14(12)17;/h2,5-6H,3-4,7-11,16H2,1H3;1H. The van der Waals surface area contributed by atoms with E-state index in [9.17, 15) is 4.79 Å². The first-order valence-corrected chi connectivity index (χ1v) is 6.98. The van der Waals surface area contributed by atoms with Crippen molar-refractivity contribution in [2.24, 2.45) is 0 Å². The van der Waals surface area contributed by atoms with Crippen molar-refractivity contribution in [3.05, 3.63) is 23.8 Å². The molecule has 21 heavy (non-hydrogen) atoms. The van der Waals surface area contributed by atoms with E-state index in [2.05, 4.69) is 0 Å². The highest BCUT2D eigenvalue weighted by Crippen LogP contribution is 2.31. The quantitative estimate of drug-likeness (QED) is 0.644. The minimum atomic E-state index is 0. The maximum Gasteiger partial charge on any atom is 0.229 e. The van der Waals surface area contributed by atoms with Gasteiger partial charge in [-0.1, -0.05) is 6.07 Å². The number of amides is 1. The lowest BCUT2D eigenvalue weighted by Crippen LogP contribution is -2.36. The molecule has 0 saturated carbocycles. The zero-order valence-electron chi connectivity index (χ0n) is 12.3. The number of nitrogens with two attached hydrogens (primary N) is 1. The smallest absolute Gasteiger partial charge is 0.229 e. The summed E-state index contributed by atoms with van der Waals surface area (Å²) in [5.74, 6) is 0.0916. The van der Waals surface area contributed by atoms with E-state index in [1.54, 1.807) is 7.11 Å². The molecule has 0 radical (unpaired) electrons. The number of hydrogen-bond donors (Lipinski definition) is 1. The van der Waals surface area contributed by atoms with Crippen LogP contribution in [0, 0.1) is 0 Å². The number of halogens is 1. The fraction of sp³-hybridized carbons (Fsp3) is 0.533. The molecule has 118 valence electrons. The Bertz CT molecular complexity index is 468. The van der Waals surface area contributed by atoms with Crippen molar-refractivity contribution in [3.8, 4) is 0 Å². The van der Waals surface area contributed by atoms with Gasteiger partial charge in [0.15, 0.2) is 0 Å². The van der Waals surface area contributed by atoms with Crippen molar-refractivity contribution >= 4 is 29.7 Å². The molecule has 1 aliphatic rings. The summed E-state index contributed by atoms with van der Waals surface area (Å²) in [6.07, 6.45) is 2.28. The zero-order valence-corrected chi connectivity index (χ0v) is 13.2. The summed E-state index contributed by atoms with van der Waals surface area (Å²) in [5, 5.41) is 0. The normalized spacial score (nSPS) is 13.5. The molecule has 0 atom stereocenters. The van der Waals surface area contributed by atoms with Crippen LogP contribution in [0.25, 0.3) is 0 Å². The van der Waals surface area contributed by atoms with Crippen LogP contribution in [-0.4, -0.2) is 39.4 Å². The number of anilines is 2. The van der Waals surface area contributed by atoms with Crippen LogP contribution in [0.2, 0.25) is 0 Å². The zero-order chi connectivity index (χ0) is 14.4. The minimum absolute atomic E-state index is 0. The lowest BCUT2D eigenvalue weighted by molar-refractivity contribution is -0.119. The van der Waals surface area contributed by atoms with Gasteiger partial charge in [-0.25, -0.2) is 0 Å². The van der Waals surface area contributed by atoms with Crippen molar-refractivity contribution < 1.29 is 14.3 Å². The van der Waals surface area contributed by atoms with Gasteiger partial charge in [-0.15, -0.1) is 12.4 Å². The molecule has 2 N–H and O–H groups in total. The highest BCUT2D eigenvalue weighted by atomic mass is 35.5. The summed E-state index contributed by atoms with van der Waals surface area (Å²) in [6.45, 7) is 2.26. The molecule has 1 aliphatic heterocycles. The van der Waals surface area contributed by atoms with E-state index in [0.29, 0.717) is 26.2 Å². The molecule has 0 saturated heterocycles. The van der Waals surface area contributed by atoms with Crippen LogP contribution in [0.5, 0.6) is 0 Å². The number of carbonyl (C=O) groups excluding carboxylic acids is 1. The topological polar surface area (TPSA) is 64.8 Å². The monoisotopic (exact) mass is 314 g/mol. The molecule has 0 aromatic heterocycles. The van der Waals surface area contributed by atoms with Gasteiger partial charge in [-0.2, -0.15) is 0 Å². The number of nitrogens with zero attached hydrogens (tertiary/aromatic N) is 1. The number of nitrogen functional groups attached to an aromatic ring is 1. The van der Waals surface area contributed by atoms with E-state index >= 15 is 0 Å². The fourth-order valence-electron chi connectivity index (χ4n) is 2.45. The van der Waals surface area contributed by atoms with Gasteiger partial charge in [-0.3, -0.25) is 4.79 Å². The van der Waals surface area contributed by atoms with Gasteiger partial charge in [0.05, 0.1) is 26.2 Å². The second-order valence-electron chi connectivity index (χ2n) is 4.85. The second-order valence-corrected chi connectivity index (χ2v) is 4.85. The summed E-state index contributed by atoms with van der Waals surface area (Å²) in [6, 6.07) is 5.75. The van der Waals surface area contributed by atoms with Gasteiger partial charge in [0.1, 0.15) is 0 Å². The molecule has 0 aliphatic carbocycles. The first-order chi connectivity index (χ1) is 9.74. The van der Waals surface area contributed by atoms with Gasteiger partial charge < -0.3 is 20.1 Å². The van der Waals surface area contributed by atoms with Crippen molar-refractivity contribution in [3.63, 3.8) is 0 Å². The van der Waals surface area contributed by atoms with Crippen LogP contribution in [-0.2, 0) is 20.7 Å². The molecule has 5 nitrogen and oxygen atoms in total. The SMILES string of the molecule is COCCOCCC(=O)N1CCCc2c(N)cccc21.Cl. The average Bonchev–Trinajstić information content (AvgIpc) is 2.47. The average molecular weight is 315 g/mol. The lowest BCUT2D eigenvalue weighted by Gasteiger charge is -2.30. The number of rotatable bonds is 6. The molecular formula is C15H23ClN2O3. The first kappa shape index (κ1) is 17.8. The van der Waals surface area contributed by atoms with Gasteiger partial charge in [-0.05, 0) is 30.5 Å². The van der Waals surface area contributed by atoms with E-state index in [1.807, 2.05) is 23.1 Å². The number of fused-ring (bicyclic) bond motifs is 1. The fourth-order valence-corrected chi connectivity index (χ4v) is 2.45. The summed E-state index contributed by atoms with van der Waals surface area (Å²) in [5.41, 5.74) is 8.80. The Morgan fingerprint density at radius 1 is 1.33 bits per heavy atom. The van der Waals surface area contributed by atoms with Crippen molar-refractivity contribution in [2.75, 3.05) is 44.1 Å². The summed E-state index contributed by atoms with van der Waals surface area (Å²) < 4.78 is 10.2. The second kappa shape index (κ2) is 8.87. The summed E-state index contributed by atoms with van der Waals surface area (Å²) in [4.78, 5) is 14.1. The predicted molar refractivity (Wildman–Crippen MR) is 86.1 cm³/mol. The Morgan fingerprint density at radius 3 is 2.90 bits per heavy atom. The number of carbonyl (C=O) groups is 1.